The predicted molar refractivity (Wildman–Crippen MR) is 96.1 cm³/mol. The van der Waals surface area contributed by atoms with Gasteiger partial charge in [0.05, 0.1) is 6.10 Å². The molecular formula is C20H22N2O2. The van der Waals surface area contributed by atoms with Gasteiger partial charge in [0.1, 0.15) is 5.69 Å². The molecule has 1 aromatic heterocycles. The van der Waals surface area contributed by atoms with Crippen molar-refractivity contribution in [3.63, 3.8) is 0 Å². The van der Waals surface area contributed by atoms with Crippen molar-refractivity contribution in [3.8, 4) is 0 Å². The lowest BCUT2D eigenvalue weighted by molar-refractivity contribution is 0.0941. The standard InChI is InChI=1S/C20H22N2O2/c1-14(23)11-17(15-7-3-2-4-8-15)13-21-20(24)19-12-16-9-5-6-10-18(16)22-19/h2-10,12,14,17,22-23H,11,13H2,1H3,(H,21,24). The summed E-state index contributed by atoms with van der Waals surface area (Å²) < 4.78 is 0. The van der Waals surface area contributed by atoms with Crippen molar-refractivity contribution < 1.29 is 9.90 Å². The summed E-state index contributed by atoms with van der Waals surface area (Å²) in [5.74, 6) is -0.0442. The monoisotopic (exact) mass is 322 g/mol. The van der Waals surface area contributed by atoms with Crippen LogP contribution in [0.1, 0.15) is 35.3 Å². The van der Waals surface area contributed by atoms with Gasteiger partial charge in [-0.15, -0.1) is 0 Å². The maximum absolute atomic E-state index is 12.4. The van der Waals surface area contributed by atoms with Crippen molar-refractivity contribution >= 4 is 16.8 Å². The molecule has 1 heterocycles. The van der Waals surface area contributed by atoms with Gasteiger partial charge in [-0.25, -0.2) is 0 Å². The van der Waals surface area contributed by atoms with Crippen molar-refractivity contribution in [2.75, 3.05) is 6.54 Å². The predicted octanol–water partition coefficient (Wildman–Crippen LogP) is 3.45. The lowest BCUT2D eigenvalue weighted by Gasteiger charge is -2.19. The Labute approximate surface area is 141 Å². The van der Waals surface area contributed by atoms with Gasteiger partial charge in [0, 0.05) is 23.4 Å². The van der Waals surface area contributed by atoms with E-state index in [9.17, 15) is 9.90 Å². The second-order valence-corrected chi connectivity index (χ2v) is 6.17. The first-order chi connectivity index (χ1) is 11.6. The summed E-state index contributed by atoms with van der Waals surface area (Å²) in [5.41, 5.74) is 2.63. The highest BCUT2D eigenvalue weighted by Crippen LogP contribution is 2.21. The van der Waals surface area contributed by atoms with Crippen molar-refractivity contribution in [2.45, 2.75) is 25.4 Å². The first-order valence-corrected chi connectivity index (χ1v) is 8.22. The quantitative estimate of drug-likeness (QED) is 0.651. The summed E-state index contributed by atoms with van der Waals surface area (Å²) >= 11 is 0. The van der Waals surface area contributed by atoms with Crippen molar-refractivity contribution in [1.82, 2.24) is 10.3 Å². The highest BCUT2D eigenvalue weighted by atomic mass is 16.3. The summed E-state index contributed by atoms with van der Waals surface area (Å²) in [6, 6.07) is 19.6. The van der Waals surface area contributed by atoms with Crippen molar-refractivity contribution in [2.24, 2.45) is 0 Å². The molecular weight excluding hydrogens is 300 g/mol. The number of H-pyrrole nitrogens is 1. The molecule has 4 nitrogen and oxygen atoms in total. The van der Waals surface area contributed by atoms with E-state index in [2.05, 4.69) is 10.3 Å². The Morgan fingerprint density at radius 1 is 1.12 bits per heavy atom. The number of hydrogen-bond acceptors (Lipinski definition) is 2. The van der Waals surface area contributed by atoms with E-state index in [4.69, 9.17) is 0 Å². The van der Waals surface area contributed by atoms with Gasteiger partial charge in [-0.3, -0.25) is 4.79 Å². The number of aliphatic hydroxyl groups excluding tert-OH is 1. The minimum Gasteiger partial charge on any atom is -0.393 e. The SMILES string of the molecule is CC(O)CC(CNC(=O)c1cc2ccccc2[nH]1)c1ccccc1. The molecule has 1 amide bonds. The molecule has 124 valence electrons. The minimum absolute atomic E-state index is 0.0829. The first kappa shape index (κ1) is 16.3. The maximum atomic E-state index is 12.4. The third kappa shape index (κ3) is 3.84. The highest BCUT2D eigenvalue weighted by Gasteiger charge is 2.16. The zero-order chi connectivity index (χ0) is 16.9. The van der Waals surface area contributed by atoms with Crippen LogP contribution in [0, 0.1) is 0 Å². The third-order valence-corrected chi connectivity index (χ3v) is 4.18. The Morgan fingerprint density at radius 2 is 1.83 bits per heavy atom. The van der Waals surface area contributed by atoms with E-state index < -0.39 is 6.10 Å². The maximum Gasteiger partial charge on any atom is 0.267 e. The fourth-order valence-electron chi connectivity index (χ4n) is 2.98. The Balaban J connectivity index is 1.70. The van der Waals surface area contributed by atoms with E-state index in [1.165, 1.54) is 0 Å². The molecule has 0 bridgehead atoms. The van der Waals surface area contributed by atoms with Crippen molar-refractivity contribution in [1.29, 1.82) is 0 Å². The molecule has 0 saturated heterocycles. The summed E-state index contributed by atoms with van der Waals surface area (Å²) in [7, 11) is 0. The highest BCUT2D eigenvalue weighted by molar-refractivity contribution is 5.97. The lowest BCUT2D eigenvalue weighted by Crippen LogP contribution is -2.30. The number of nitrogens with one attached hydrogen (secondary N) is 2. The zero-order valence-electron chi connectivity index (χ0n) is 13.7. The largest absolute Gasteiger partial charge is 0.393 e. The van der Waals surface area contributed by atoms with Gasteiger partial charge in [0.2, 0.25) is 0 Å². The molecule has 3 rings (SSSR count). The molecule has 0 aliphatic carbocycles. The van der Waals surface area contributed by atoms with Crippen LogP contribution in [-0.4, -0.2) is 28.6 Å². The van der Waals surface area contributed by atoms with Crippen LogP contribution < -0.4 is 5.32 Å². The van der Waals surface area contributed by atoms with E-state index >= 15 is 0 Å². The topological polar surface area (TPSA) is 65.1 Å². The molecule has 0 saturated carbocycles. The van der Waals surface area contributed by atoms with Crippen LogP contribution >= 0.6 is 0 Å². The molecule has 0 spiro atoms. The lowest BCUT2D eigenvalue weighted by atomic mass is 9.93. The van der Waals surface area contributed by atoms with Crippen LogP contribution in [-0.2, 0) is 0 Å². The van der Waals surface area contributed by atoms with E-state index in [0.717, 1.165) is 16.5 Å². The number of amides is 1. The number of aromatic nitrogens is 1. The van der Waals surface area contributed by atoms with Crippen molar-refractivity contribution in [3.05, 3.63) is 71.9 Å². The number of aliphatic hydroxyl groups is 1. The zero-order valence-corrected chi connectivity index (χ0v) is 13.7. The fraction of sp³-hybridized carbons (Fsp3) is 0.250. The first-order valence-electron chi connectivity index (χ1n) is 8.22. The Hall–Kier alpha value is -2.59. The number of carbonyl (C=O) groups is 1. The summed E-state index contributed by atoms with van der Waals surface area (Å²) in [6.07, 6.45) is 0.192. The second-order valence-electron chi connectivity index (χ2n) is 6.17. The molecule has 2 unspecified atom stereocenters. The second kappa shape index (κ2) is 7.32. The van der Waals surface area contributed by atoms with Gasteiger partial charge in [0.15, 0.2) is 0 Å². The fourth-order valence-corrected chi connectivity index (χ4v) is 2.98. The van der Waals surface area contributed by atoms with Gasteiger partial charge < -0.3 is 15.4 Å². The van der Waals surface area contributed by atoms with E-state index in [-0.39, 0.29) is 11.8 Å². The smallest absolute Gasteiger partial charge is 0.267 e. The molecule has 24 heavy (non-hydrogen) atoms. The van der Waals surface area contributed by atoms with Gasteiger partial charge in [-0.05, 0) is 31.0 Å². The molecule has 3 aromatic rings. The number of para-hydroxylation sites is 1. The number of carbonyl (C=O) groups excluding carboxylic acids is 1. The minimum atomic E-state index is -0.416. The van der Waals surface area contributed by atoms with E-state index in [1.54, 1.807) is 6.92 Å². The Bertz CT molecular complexity index is 776. The average molecular weight is 322 g/mol. The number of hydrogen-bond donors (Lipinski definition) is 3. The van der Waals surface area contributed by atoms with Crippen LogP contribution in [0.25, 0.3) is 10.9 Å². The third-order valence-electron chi connectivity index (χ3n) is 4.18. The van der Waals surface area contributed by atoms with Crippen LogP contribution in [0.3, 0.4) is 0 Å². The van der Waals surface area contributed by atoms with Crippen LogP contribution in [0.4, 0.5) is 0 Å². The van der Waals surface area contributed by atoms with Crippen LogP contribution in [0.15, 0.2) is 60.7 Å². The van der Waals surface area contributed by atoms with E-state index in [0.29, 0.717) is 18.7 Å². The molecule has 4 heteroatoms. The number of benzene rings is 2. The molecule has 0 fully saturated rings. The summed E-state index contributed by atoms with van der Waals surface area (Å²) in [6.45, 7) is 2.26. The number of rotatable bonds is 6. The molecule has 0 aliphatic rings. The molecule has 0 aliphatic heterocycles. The molecule has 2 atom stereocenters. The van der Waals surface area contributed by atoms with Gasteiger partial charge >= 0.3 is 0 Å². The Morgan fingerprint density at radius 3 is 2.54 bits per heavy atom. The normalized spacial score (nSPS) is 13.6. The number of fused-ring (bicyclic) bond motifs is 1. The van der Waals surface area contributed by atoms with Crippen LogP contribution in [0.5, 0.6) is 0 Å². The number of aromatic amines is 1. The average Bonchev–Trinajstić information content (AvgIpc) is 3.03. The molecule has 0 radical (unpaired) electrons. The molecule has 2 aromatic carbocycles. The summed E-state index contributed by atoms with van der Waals surface area (Å²) in [4.78, 5) is 15.6. The van der Waals surface area contributed by atoms with Gasteiger partial charge in [-0.2, -0.15) is 0 Å². The Kier molecular flexibility index (Phi) is 4.96. The molecule has 3 N–H and O–H groups in total. The van der Waals surface area contributed by atoms with Gasteiger partial charge in [-0.1, -0.05) is 48.5 Å². The summed E-state index contributed by atoms with van der Waals surface area (Å²) in [5, 5.41) is 13.7. The van der Waals surface area contributed by atoms with Crippen LogP contribution in [0.2, 0.25) is 0 Å². The van der Waals surface area contributed by atoms with Gasteiger partial charge in [0.25, 0.3) is 5.91 Å². The van der Waals surface area contributed by atoms with E-state index in [1.807, 2.05) is 60.7 Å².